The Balaban J connectivity index is 1.53. The van der Waals surface area contributed by atoms with Crippen molar-refractivity contribution in [3.05, 3.63) is 53.1 Å². The summed E-state index contributed by atoms with van der Waals surface area (Å²) in [6.07, 6.45) is 1.33. The van der Waals surface area contributed by atoms with E-state index in [9.17, 15) is 13.6 Å². The summed E-state index contributed by atoms with van der Waals surface area (Å²) >= 11 is 5.82. The van der Waals surface area contributed by atoms with E-state index in [0.717, 1.165) is 11.8 Å². The highest BCUT2D eigenvalue weighted by atomic mass is 35.5. The Labute approximate surface area is 145 Å². The molecule has 0 aliphatic heterocycles. The van der Waals surface area contributed by atoms with Crippen LogP contribution in [0.2, 0.25) is 5.02 Å². The van der Waals surface area contributed by atoms with Gasteiger partial charge >= 0.3 is 6.55 Å². The van der Waals surface area contributed by atoms with Crippen LogP contribution in [0.1, 0.15) is 22.9 Å². The van der Waals surface area contributed by atoms with Crippen LogP contribution in [0.5, 0.6) is 0 Å². The SMILES string of the molecule is O=C(NCCc1nc(-c2ccc(Cl)cc2)no1)c1ccn(C(F)F)n1. The molecule has 1 N–H and O–H groups in total. The molecule has 0 aliphatic carbocycles. The Bertz CT molecular complexity index is 863. The molecule has 3 aromatic rings. The summed E-state index contributed by atoms with van der Waals surface area (Å²) in [5.41, 5.74) is 0.661. The average molecular weight is 368 g/mol. The van der Waals surface area contributed by atoms with Gasteiger partial charge in [0.25, 0.3) is 5.91 Å². The molecule has 10 heteroatoms. The highest BCUT2D eigenvalue weighted by Crippen LogP contribution is 2.18. The molecule has 1 aromatic carbocycles. The fourth-order valence-electron chi connectivity index (χ4n) is 2.01. The van der Waals surface area contributed by atoms with Gasteiger partial charge in [0.2, 0.25) is 11.7 Å². The summed E-state index contributed by atoms with van der Waals surface area (Å²) in [7, 11) is 0. The van der Waals surface area contributed by atoms with E-state index in [0.29, 0.717) is 27.8 Å². The minimum Gasteiger partial charge on any atom is -0.350 e. The van der Waals surface area contributed by atoms with Crippen LogP contribution in [-0.4, -0.2) is 32.4 Å². The van der Waals surface area contributed by atoms with Gasteiger partial charge in [0.15, 0.2) is 0 Å². The summed E-state index contributed by atoms with van der Waals surface area (Å²) in [4.78, 5) is 16.0. The molecule has 25 heavy (non-hydrogen) atoms. The van der Waals surface area contributed by atoms with Crippen LogP contribution in [0.25, 0.3) is 11.4 Å². The van der Waals surface area contributed by atoms with Crippen LogP contribution in [0.3, 0.4) is 0 Å². The third-order valence-corrected chi connectivity index (χ3v) is 3.49. The van der Waals surface area contributed by atoms with E-state index in [2.05, 4.69) is 20.6 Å². The fourth-order valence-corrected chi connectivity index (χ4v) is 2.14. The third-order valence-electron chi connectivity index (χ3n) is 3.24. The summed E-state index contributed by atoms with van der Waals surface area (Å²) in [5, 5.41) is 10.5. The van der Waals surface area contributed by atoms with Gasteiger partial charge in [-0.1, -0.05) is 16.8 Å². The number of benzene rings is 1. The number of carbonyl (C=O) groups is 1. The number of hydrogen-bond donors (Lipinski definition) is 1. The molecule has 130 valence electrons. The maximum absolute atomic E-state index is 12.4. The topological polar surface area (TPSA) is 85.8 Å². The Morgan fingerprint density at radius 2 is 2.04 bits per heavy atom. The number of rotatable bonds is 6. The molecule has 3 rings (SSSR count). The van der Waals surface area contributed by atoms with Gasteiger partial charge in [-0.05, 0) is 30.3 Å². The largest absolute Gasteiger partial charge is 0.350 e. The second-order valence-electron chi connectivity index (χ2n) is 4.98. The molecule has 7 nitrogen and oxygen atoms in total. The summed E-state index contributed by atoms with van der Waals surface area (Å²) < 4.78 is 30.3. The highest BCUT2D eigenvalue weighted by molar-refractivity contribution is 6.30. The highest BCUT2D eigenvalue weighted by Gasteiger charge is 2.14. The Hall–Kier alpha value is -2.81. The van der Waals surface area contributed by atoms with Gasteiger partial charge in [0.05, 0.1) is 0 Å². The van der Waals surface area contributed by atoms with E-state index >= 15 is 0 Å². The maximum Gasteiger partial charge on any atom is 0.333 e. The first-order chi connectivity index (χ1) is 12.0. The van der Waals surface area contributed by atoms with E-state index < -0.39 is 12.5 Å². The van der Waals surface area contributed by atoms with Gasteiger partial charge < -0.3 is 9.84 Å². The van der Waals surface area contributed by atoms with Crippen molar-refractivity contribution in [3.8, 4) is 11.4 Å². The Morgan fingerprint density at radius 1 is 1.28 bits per heavy atom. The van der Waals surface area contributed by atoms with Crippen molar-refractivity contribution in [2.75, 3.05) is 6.54 Å². The van der Waals surface area contributed by atoms with Gasteiger partial charge in [0, 0.05) is 29.7 Å². The molecule has 0 unspecified atom stereocenters. The van der Waals surface area contributed by atoms with Crippen molar-refractivity contribution < 1.29 is 18.1 Å². The molecule has 0 atom stereocenters. The normalized spacial score (nSPS) is 11.0. The molecule has 0 bridgehead atoms. The lowest BCUT2D eigenvalue weighted by atomic mass is 10.2. The van der Waals surface area contributed by atoms with Crippen LogP contribution in [0.15, 0.2) is 41.1 Å². The van der Waals surface area contributed by atoms with E-state index in [-0.39, 0.29) is 12.2 Å². The smallest absolute Gasteiger partial charge is 0.333 e. The molecule has 0 fully saturated rings. The second kappa shape index (κ2) is 7.39. The lowest BCUT2D eigenvalue weighted by molar-refractivity contribution is 0.0560. The van der Waals surface area contributed by atoms with Crippen molar-refractivity contribution in [1.29, 1.82) is 0 Å². The quantitative estimate of drug-likeness (QED) is 0.724. The van der Waals surface area contributed by atoms with Crippen LogP contribution < -0.4 is 5.32 Å². The number of nitrogens with zero attached hydrogens (tertiary/aromatic N) is 4. The fraction of sp³-hybridized carbons (Fsp3) is 0.200. The maximum atomic E-state index is 12.4. The third kappa shape index (κ3) is 4.18. The number of hydrogen-bond acceptors (Lipinski definition) is 5. The zero-order valence-corrected chi connectivity index (χ0v) is 13.5. The molecular formula is C15H12ClF2N5O2. The van der Waals surface area contributed by atoms with E-state index in [1.165, 1.54) is 6.07 Å². The molecule has 1 amide bonds. The van der Waals surface area contributed by atoms with Crippen molar-refractivity contribution in [2.45, 2.75) is 13.0 Å². The molecule has 0 spiro atoms. The van der Waals surface area contributed by atoms with Crippen molar-refractivity contribution in [3.63, 3.8) is 0 Å². The molecular weight excluding hydrogens is 356 g/mol. The summed E-state index contributed by atoms with van der Waals surface area (Å²) in [6.45, 7) is -2.59. The van der Waals surface area contributed by atoms with Gasteiger partial charge in [0.1, 0.15) is 5.69 Å². The molecule has 0 saturated carbocycles. The van der Waals surface area contributed by atoms with Crippen molar-refractivity contribution in [1.82, 2.24) is 25.2 Å². The first kappa shape index (κ1) is 17.0. The molecule has 2 heterocycles. The number of nitrogens with one attached hydrogen (secondary N) is 1. The van der Waals surface area contributed by atoms with E-state index in [1.54, 1.807) is 24.3 Å². The minimum atomic E-state index is -2.79. The van der Waals surface area contributed by atoms with Crippen molar-refractivity contribution >= 4 is 17.5 Å². The Morgan fingerprint density at radius 3 is 2.72 bits per heavy atom. The monoisotopic (exact) mass is 367 g/mol. The number of carbonyl (C=O) groups excluding carboxylic acids is 1. The van der Waals surface area contributed by atoms with E-state index in [4.69, 9.17) is 16.1 Å². The lowest BCUT2D eigenvalue weighted by Gasteiger charge is -2.00. The molecule has 2 aromatic heterocycles. The number of amides is 1. The van der Waals surface area contributed by atoms with Crippen LogP contribution in [0.4, 0.5) is 8.78 Å². The van der Waals surface area contributed by atoms with Crippen LogP contribution in [0, 0.1) is 0 Å². The van der Waals surface area contributed by atoms with Gasteiger partial charge in [-0.2, -0.15) is 18.9 Å². The summed E-state index contributed by atoms with van der Waals surface area (Å²) in [6, 6.07) is 8.17. The van der Waals surface area contributed by atoms with Crippen molar-refractivity contribution in [2.24, 2.45) is 0 Å². The standard InChI is InChI=1S/C15H12ClF2N5O2/c16-10-3-1-9(2-4-10)13-20-12(25-22-13)5-7-19-14(24)11-6-8-23(21-11)15(17)18/h1-4,6,8,15H,5,7H2,(H,19,24). The second-order valence-corrected chi connectivity index (χ2v) is 5.42. The first-order valence-corrected chi connectivity index (χ1v) is 7.61. The zero-order valence-electron chi connectivity index (χ0n) is 12.7. The predicted octanol–water partition coefficient (Wildman–Crippen LogP) is 2.95. The van der Waals surface area contributed by atoms with Gasteiger partial charge in [-0.25, -0.2) is 4.68 Å². The molecule has 0 saturated heterocycles. The summed E-state index contributed by atoms with van der Waals surface area (Å²) in [5.74, 6) is 0.189. The van der Waals surface area contributed by atoms with Crippen LogP contribution in [-0.2, 0) is 6.42 Å². The lowest BCUT2D eigenvalue weighted by Crippen LogP contribution is -2.26. The number of aromatic nitrogens is 4. The number of halogens is 3. The van der Waals surface area contributed by atoms with Crippen LogP contribution >= 0.6 is 11.6 Å². The van der Waals surface area contributed by atoms with E-state index in [1.807, 2.05) is 0 Å². The minimum absolute atomic E-state index is 0.0901. The first-order valence-electron chi connectivity index (χ1n) is 7.23. The average Bonchev–Trinajstić information content (AvgIpc) is 3.25. The zero-order chi connectivity index (χ0) is 17.8. The van der Waals surface area contributed by atoms with Gasteiger partial charge in [-0.3, -0.25) is 4.79 Å². The van der Waals surface area contributed by atoms with Gasteiger partial charge in [-0.15, -0.1) is 0 Å². The predicted molar refractivity (Wildman–Crippen MR) is 84.3 cm³/mol. The molecule has 0 aliphatic rings. The number of alkyl halides is 2. The Kier molecular flexibility index (Phi) is 5.03. The molecule has 0 radical (unpaired) electrons.